The van der Waals surface area contributed by atoms with Crippen LogP contribution >= 0.6 is 0 Å². The molecule has 0 aromatic heterocycles. The smallest absolute Gasteiger partial charge is 0.302 e. The lowest BCUT2D eigenvalue weighted by molar-refractivity contribution is -0.141. The number of amides is 2. The van der Waals surface area contributed by atoms with Gasteiger partial charge in [-0.05, 0) is 25.0 Å². The first kappa shape index (κ1) is 24.3. The Morgan fingerprint density at radius 2 is 1.85 bits per heavy atom. The number of carbonyl (C=O) groups excluding carboxylic acids is 3. The van der Waals surface area contributed by atoms with E-state index in [2.05, 4.69) is 10.3 Å². The number of methoxy groups -OCH3 is 1. The molecule has 2 aliphatic rings. The number of nitrogens with zero attached hydrogens (tertiary/aromatic N) is 2. The van der Waals surface area contributed by atoms with E-state index in [1.807, 2.05) is 12.1 Å². The average Bonchev–Trinajstić information content (AvgIpc) is 3.06. The number of nitrogens with one attached hydrogen (secondary N) is 1. The Morgan fingerprint density at radius 3 is 2.52 bits per heavy atom. The van der Waals surface area contributed by atoms with Gasteiger partial charge in [0, 0.05) is 12.5 Å². The van der Waals surface area contributed by atoms with Gasteiger partial charge in [0.15, 0.2) is 11.5 Å². The largest absolute Gasteiger partial charge is 0.492 e. The molecule has 10 heteroatoms. The second kappa shape index (κ2) is 11.5. The molecule has 1 aromatic rings. The Labute approximate surface area is 193 Å². The lowest BCUT2D eigenvalue weighted by Crippen LogP contribution is -2.39. The van der Waals surface area contributed by atoms with E-state index >= 15 is 0 Å². The minimum Gasteiger partial charge on any atom is -0.492 e. The number of carbonyl (C=O) groups is 3. The summed E-state index contributed by atoms with van der Waals surface area (Å²) in [5.41, 5.74) is 6.81. The predicted octanol–water partition coefficient (Wildman–Crippen LogP) is 2.15. The van der Waals surface area contributed by atoms with Gasteiger partial charge in [0.05, 0.1) is 39.0 Å². The van der Waals surface area contributed by atoms with Gasteiger partial charge in [0.1, 0.15) is 6.04 Å². The van der Waals surface area contributed by atoms with Gasteiger partial charge in [-0.25, -0.2) is 4.99 Å². The van der Waals surface area contributed by atoms with Gasteiger partial charge >= 0.3 is 5.97 Å². The molecule has 180 valence electrons. The molecule has 2 amide bonds. The van der Waals surface area contributed by atoms with Crippen LogP contribution in [0.1, 0.15) is 57.4 Å². The molecular formula is C23H32N4O6. The zero-order valence-electron chi connectivity index (χ0n) is 19.2. The van der Waals surface area contributed by atoms with E-state index < -0.39 is 11.9 Å². The fourth-order valence-electron chi connectivity index (χ4n) is 4.01. The summed E-state index contributed by atoms with van der Waals surface area (Å²) in [5.74, 6) is 0.562. The highest BCUT2D eigenvalue weighted by molar-refractivity contribution is 6.09. The predicted molar refractivity (Wildman–Crippen MR) is 121 cm³/mol. The number of hydrogen-bond donors (Lipinski definition) is 2. The number of rotatable bonds is 13. The standard InChI is InChI=1S/C23H32N4O6/c1-15(28)32-11-7-5-3-4-6-8-12-33-19-10-9-17-16(21(19)31-2)14-27-18(13-20(24)29)22(30)26-23(27)25-17/h9-10,18H,3-8,11-14H2,1-2H3,(H2,24,29)(H,25,26,30). The van der Waals surface area contributed by atoms with Gasteiger partial charge in [-0.3, -0.25) is 19.7 Å². The molecule has 0 spiro atoms. The van der Waals surface area contributed by atoms with Crippen molar-refractivity contribution in [3.63, 3.8) is 0 Å². The van der Waals surface area contributed by atoms with E-state index in [1.165, 1.54) is 6.92 Å². The summed E-state index contributed by atoms with van der Waals surface area (Å²) >= 11 is 0. The number of aliphatic imine (C=N–C) groups is 1. The van der Waals surface area contributed by atoms with Crippen molar-refractivity contribution in [3.8, 4) is 11.5 Å². The van der Waals surface area contributed by atoms with Crippen LogP contribution in [0.4, 0.5) is 5.69 Å². The van der Waals surface area contributed by atoms with E-state index in [4.69, 9.17) is 19.9 Å². The monoisotopic (exact) mass is 460 g/mol. The topological polar surface area (TPSA) is 133 Å². The normalized spacial score (nSPS) is 16.4. The van der Waals surface area contributed by atoms with Crippen molar-refractivity contribution in [2.45, 2.75) is 64.5 Å². The summed E-state index contributed by atoms with van der Waals surface area (Å²) in [4.78, 5) is 40.6. The molecule has 2 aliphatic heterocycles. The van der Waals surface area contributed by atoms with Crippen LogP contribution in [-0.2, 0) is 25.7 Å². The quantitative estimate of drug-likeness (QED) is 0.340. The van der Waals surface area contributed by atoms with Gasteiger partial charge in [0.2, 0.25) is 17.8 Å². The zero-order valence-corrected chi connectivity index (χ0v) is 19.2. The molecule has 0 radical (unpaired) electrons. The molecule has 10 nitrogen and oxygen atoms in total. The third-order valence-corrected chi connectivity index (χ3v) is 5.64. The SMILES string of the molecule is COc1c(OCCCCCCCCOC(C)=O)ccc2c1CN1C(=N2)NC(=O)C1CC(N)=O. The Hall–Kier alpha value is -3.30. The maximum absolute atomic E-state index is 12.3. The number of primary amides is 1. The fourth-order valence-corrected chi connectivity index (χ4v) is 4.01. The molecule has 3 rings (SSSR count). The summed E-state index contributed by atoms with van der Waals surface area (Å²) in [6.45, 7) is 2.84. The van der Waals surface area contributed by atoms with Crippen molar-refractivity contribution < 1.29 is 28.6 Å². The summed E-state index contributed by atoms with van der Waals surface area (Å²) < 4.78 is 16.5. The van der Waals surface area contributed by atoms with Crippen LogP contribution in [0, 0.1) is 0 Å². The van der Waals surface area contributed by atoms with E-state index in [0.29, 0.717) is 42.9 Å². The number of ether oxygens (including phenoxy) is 3. The van der Waals surface area contributed by atoms with Crippen molar-refractivity contribution >= 4 is 29.4 Å². The lowest BCUT2D eigenvalue weighted by Gasteiger charge is -2.29. The maximum atomic E-state index is 12.3. The number of esters is 1. The number of unbranched alkanes of at least 4 members (excludes halogenated alkanes) is 5. The molecule has 3 N–H and O–H groups in total. The van der Waals surface area contributed by atoms with Crippen LogP contribution in [0.5, 0.6) is 11.5 Å². The first-order valence-corrected chi connectivity index (χ1v) is 11.3. The third-order valence-electron chi connectivity index (χ3n) is 5.64. The second-order valence-corrected chi connectivity index (χ2v) is 8.14. The molecule has 0 aliphatic carbocycles. The Morgan fingerprint density at radius 1 is 1.15 bits per heavy atom. The van der Waals surface area contributed by atoms with Crippen LogP contribution in [0.25, 0.3) is 0 Å². The van der Waals surface area contributed by atoms with Gasteiger partial charge in [-0.1, -0.05) is 25.7 Å². The summed E-state index contributed by atoms with van der Waals surface area (Å²) in [6, 6.07) is 2.98. The maximum Gasteiger partial charge on any atom is 0.302 e. The minimum atomic E-state index is -0.683. The van der Waals surface area contributed by atoms with Gasteiger partial charge in [-0.2, -0.15) is 0 Å². The van der Waals surface area contributed by atoms with Crippen LogP contribution in [0.2, 0.25) is 0 Å². The van der Waals surface area contributed by atoms with Crippen LogP contribution in [0.15, 0.2) is 17.1 Å². The van der Waals surface area contributed by atoms with Crippen molar-refractivity contribution in [1.29, 1.82) is 0 Å². The number of fused-ring (bicyclic) bond motifs is 2. The van der Waals surface area contributed by atoms with Crippen LogP contribution in [0.3, 0.4) is 0 Å². The molecule has 1 atom stereocenters. The van der Waals surface area contributed by atoms with Crippen molar-refractivity contribution in [2.75, 3.05) is 20.3 Å². The Balaban J connectivity index is 1.51. The molecule has 1 fully saturated rings. The number of nitrogens with two attached hydrogens (primary N) is 1. The van der Waals surface area contributed by atoms with Gasteiger partial charge < -0.3 is 24.8 Å². The second-order valence-electron chi connectivity index (χ2n) is 8.14. The van der Waals surface area contributed by atoms with Crippen LogP contribution < -0.4 is 20.5 Å². The average molecular weight is 461 g/mol. The highest BCUT2D eigenvalue weighted by Gasteiger charge is 2.40. The van der Waals surface area contributed by atoms with E-state index in [1.54, 1.807) is 12.0 Å². The van der Waals surface area contributed by atoms with Crippen LogP contribution in [-0.4, -0.2) is 55.0 Å². The number of benzene rings is 1. The Kier molecular flexibility index (Phi) is 8.51. The molecular weight excluding hydrogens is 428 g/mol. The van der Waals surface area contributed by atoms with Gasteiger partial charge in [0.25, 0.3) is 0 Å². The number of guanidine groups is 1. The van der Waals surface area contributed by atoms with E-state index in [0.717, 1.165) is 44.1 Å². The van der Waals surface area contributed by atoms with E-state index in [9.17, 15) is 14.4 Å². The first-order valence-electron chi connectivity index (χ1n) is 11.3. The van der Waals surface area contributed by atoms with Crippen molar-refractivity contribution in [3.05, 3.63) is 17.7 Å². The molecule has 1 aromatic carbocycles. The summed E-state index contributed by atoms with van der Waals surface area (Å²) in [7, 11) is 1.58. The molecule has 1 unspecified atom stereocenters. The van der Waals surface area contributed by atoms with Gasteiger partial charge in [-0.15, -0.1) is 0 Å². The molecule has 33 heavy (non-hydrogen) atoms. The molecule has 1 saturated heterocycles. The summed E-state index contributed by atoms with van der Waals surface area (Å²) in [6.07, 6.45) is 6.01. The number of hydrogen-bond acceptors (Lipinski definition) is 8. The first-order chi connectivity index (χ1) is 15.9. The van der Waals surface area contributed by atoms with Crippen molar-refractivity contribution in [2.24, 2.45) is 10.7 Å². The Bertz CT molecular complexity index is 916. The summed E-state index contributed by atoms with van der Waals surface area (Å²) in [5, 5.41) is 2.71. The van der Waals surface area contributed by atoms with E-state index in [-0.39, 0.29) is 18.3 Å². The zero-order chi connectivity index (χ0) is 23.8. The van der Waals surface area contributed by atoms with Crippen molar-refractivity contribution in [1.82, 2.24) is 10.2 Å². The fraction of sp³-hybridized carbons (Fsp3) is 0.565. The molecule has 2 heterocycles. The minimum absolute atomic E-state index is 0.0809. The molecule has 0 saturated carbocycles. The highest BCUT2D eigenvalue weighted by atomic mass is 16.5. The highest BCUT2D eigenvalue weighted by Crippen LogP contribution is 2.41. The lowest BCUT2D eigenvalue weighted by atomic mass is 10.1. The third kappa shape index (κ3) is 6.36. The molecule has 0 bridgehead atoms.